The van der Waals surface area contributed by atoms with Crippen LogP contribution in [0, 0.1) is 13.8 Å². The monoisotopic (exact) mass is 310 g/mol. The van der Waals surface area contributed by atoms with E-state index in [9.17, 15) is 9.59 Å². The Labute approximate surface area is 128 Å². The van der Waals surface area contributed by atoms with Gasteiger partial charge in [0.05, 0.1) is 0 Å². The van der Waals surface area contributed by atoms with Crippen LogP contribution in [0.5, 0.6) is 0 Å². The van der Waals surface area contributed by atoms with Crippen molar-refractivity contribution >= 4 is 17.7 Å². The van der Waals surface area contributed by atoms with Crippen LogP contribution in [0.4, 0.5) is 0 Å². The van der Waals surface area contributed by atoms with Crippen LogP contribution in [0.2, 0.25) is 0 Å². The van der Waals surface area contributed by atoms with Gasteiger partial charge < -0.3 is 5.11 Å². The van der Waals surface area contributed by atoms with Crippen LogP contribution >= 0.6 is 11.8 Å². The molecule has 6 heteroatoms. The summed E-state index contributed by atoms with van der Waals surface area (Å²) in [7, 11) is 0. The van der Waals surface area contributed by atoms with Crippen molar-refractivity contribution in [3.8, 4) is 0 Å². The zero-order valence-corrected chi connectivity index (χ0v) is 13.6. The van der Waals surface area contributed by atoms with Crippen LogP contribution in [0.1, 0.15) is 42.6 Å². The van der Waals surface area contributed by atoms with Gasteiger partial charge in [-0.15, -0.1) is 0 Å². The molecule has 1 aromatic heterocycles. The minimum absolute atomic E-state index is 0.0647. The van der Waals surface area contributed by atoms with Gasteiger partial charge in [0.1, 0.15) is 0 Å². The SMILES string of the molecule is CSC1(Cn2c(C)c(CCC(=O)O)c(C)nc2=O)CCC1. The van der Waals surface area contributed by atoms with Gasteiger partial charge in [-0.2, -0.15) is 16.7 Å². The second-order valence-electron chi connectivity index (χ2n) is 5.76. The first-order valence-corrected chi connectivity index (χ1v) is 8.45. The van der Waals surface area contributed by atoms with E-state index in [0.29, 0.717) is 18.7 Å². The standard InChI is InChI=1S/C15H22N2O3S/c1-10-12(5-6-13(18)19)11(2)17(14(20)16-10)9-15(21-3)7-4-8-15/h4-9H2,1-3H3,(H,18,19). The summed E-state index contributed by atoms with van der Waals surface area (Å²) in [6.07, 6.45) is 6.03. The maximum absolute atomic E-state index is 12.2. The maximum atomic E-state index is 12.2. The predicted molar refractivity (Wildman–Crippen MR) is 84.0 cm³/mol. The molecule has 0 aliphatic heterocycles. The third kappa shape index (κ3) is 3.31. The van der Waals surface area contributed by atoms with Gasteiger partial charge in [0, 0.05) is 29.1 Å². The fourth-order valence-electron chi connectivity index (χ4n) is 2.91. The van der Waals surface area contributed by atoms with Crippen LogP contribution in [0.15, 0.2) is 4.79 Å². The van der Waals surface area contributed by atoms with Crippen molar-refractivity contribution in [2.75, 3.05) is 6.26 Å². The lowest BCUT2D eigenvalue weighted by atomic mass is 9.84. The summed E-state index contributed by atoms with van der Waals surface area (Å²) in [6.45, 7) is 4.36. The maximum Gasteiger partial charge on any atom is 0.348 e. The minimum atomic E-state index is -0.828. The first kappa shape index (κ1) is 16.1. The fraction of sp³-hybridized carbons (Fsp3) is 0.667. The molecular formula is C15H22N2O3S. The minimum Gasteiger partial charge on any atom is -0.481 e. The van der Waals surface area contributed by atoms with E-state index in [0.717, 1.165) is 24.1 Å². The molecular weight excluding hydrogens is 288 g/mol. The second-order valence-corrected chi connectivity index (χ2v) is 7.04. The highest BCUT2D eigenvalue weighted by Gasteiger charge is 2.37. The molecule has 1 heterocycles. The Morgan fingerprint density at radius 2 is 2.10 bits per heavy atom. The molecule has 1 aliphatic carbocycles. The number of carboxylic acids is 1. The van der Waals surface area contributed by atoms with E-state index in [1.54, 1.807) is 11.5 Å². The van der Waals surface area contributed by atoms with Crippen molar-refractivity contribution in [3.05, 3.63) is 27.4 Å². The van der Waals surface area contributed by atoms with Gasteiger partial charge >= 0.3 is 11.7 Å². The number of aryl methyl sites for hydroxylation is 1. The van der Waals surface area contributed by atoms with Gasteiger partial charge in [0.2, 0.25) is 0 Å². The van der Waals surface area contributed by atoms with Crippen LogP contribution in [0.3, 0.4) is 0 Å². The molecule has 1 saturated carbocycles. The molecule has 0 unspecified atom stereocenters. The van der Waals surface area contributed by atoms with E-state index < -0.39 is 5.97 Å². The van der Waals surface area contributed by atoms with Gasteiger partial charge in [0.15, 0.2) is 0 Å². The van der Waals surface area contributed by atoms with Gasteiger partial charge in [-0.3, -0.25) is 9.36 Å². The number of hydrogen-bond acceptors (Lipinski definition) is 4. The Hall–Kier alpha value is -1.30. The first-order valence-electron chi connectivity index (χ1n) is 7.22. The molecule has 0 amide bonds. The number of hydrogen-bond donors (Lipinski definition) is 1. The average Bonchev–Trinajstić information content (AvgIpc) is 2.36. The number of aliphatic carboxylic acids is 1. The topological polar surface area (TPSA) is 72.2 Å². The molecule has 21 heavy (non-hydrogen) atoms. The summed E-state index contributed by atoms with van der Waals surface area (Å²) in [6, 6.07) is 0. The molecule has 0 radical (unpaired) electrons. The third-order valence-corrected chi connectivity index (χ3v) is 5.91. The number of carbonyl (C=O) groups is 1. The third-order valence-electron chi connectivity index (χ3n) is 4.51. The van der Waals surface area contributed by atoms with Crippen molar-refractivity contribution in [1.82, 2.24) is 9.55 Å². The smallest absolute Gasteiger partial charge is 0.348 e. The molecule has 1 aliphatic rings. The highest BCUT2D eigenvalue weighted by molar-refractivity contribution is 8.00. The van der Waals surface area contributed by atoms with Crippen LogP contribution < -0.4 is 5.69 Å². The molecule has 0 aromatic carbocycles. The number of aromatic nitrogens is 2. The molecule has 2 rings (SSSR count). The summed E-state index contributed by atoms with van der Waals surface area (Å²) in [5, 5.41) is 8.86. The lowest BCUT2D eigenvalue weighted by Gasteiger charge is -2.41. The summed E-state index contributed by atoms with van der Waals surface area (Å²) < 4.78 is 1.88. The Bertz CT molecular complexity index is 600. The summed E-state index contributed by atoms with van der Waals surface area (Å²) in [4.78, 5) is 27.1. The van der Waals surface area contributed by atoms with Gasteiger partial charge in [-0.25, -0.2) is 4.79 Å². The van der Waals surface area contributed by atoms with Crippen LogP contribution in [0.25, 0.3) is 0 Å². The van der Waals surface area contributed by atoms with Gasteiger partial charge in [-0.05, 0) is 44.9 Å². The summed E-state index contributed by atoms with van der Waals surface area (Å²) in [5.74, 6) is -0.828. The molecule has 1 N–H and O–H groups in total. The van der Waals surface area contributed by atoms with E-state index in [1.165, 1.54) is 6.42 Å². The number of carboxylic acid groups (broad SMARTS) is 1. The lowest BCUT2D eigenvalue weighted by Crippen LogP contribution is -2.42. The zero-order chi connectivity index (χ0) is 15.6. The van der Waals surface area contributed by atoms with Gasteiger partial charge in [0.25, 0.3) is 0 Å². The number of rotatable bonds is 6. The highest BCUT2D eigenvalue weighted by atomic mass is 32.2. The normalized spacial score (nSPS) is 16.5. The second kappa shape index (κ2) is 6.22. The van der Waals surface area contributed by atoms with E-state index in [1.807, 2.05) is 18.7 Å². The largest absolute Gasteiger partial charge is 0.481 e. The molecule has 116 valence electrons. The lowest BCUT2D eigenvalue weighted by molar-refractivity contribution is -0.136. The zero-order valence-electron chi connectivity index (χ0n) is 12.8. The Balaban J connectivity index is 2.34. The summed E-state index contributed by atoms with van der Waals surface area (Å²) >= 11 is 1.82. The molecule has 5 nitrogen and oxygen atoms in total. The van der Waals surface area contributed by atoms with Crippen molar-refractivity contribution in [3.63, 3.8) is 0 Å². The molecule has 1 fully saturated rings. The van der Waals surface area contributed by atoms with Crippen LogP contribution in [-0.2, 0) is 17.8 Å². The van der Waals surface area contributed by atoms with E-state index in [2.05, 4.69) is 11.2 Å². The Kier molecular flexibility index (Phi) is 4.76. The van der Waals surface area contributed by atoms with Crippen LogP contribution in [-0.4, -0.2) is 31.6 Å². The van der Waals surface area contributed by atoms with Crippen molar-refractivity contribution in [2.24, 2.45) is 0 Å². The van der Waals surface area contributed by atoms with E-state index in [4.69, 9.17) is 5.11 Å². The highest BCUT2D eigenvalue weighted by Crippen LogP contribution is 2.44. The average molecular weight is 310 g/mol. The van der Waals surface area contributed by atoms with Gasteiger partial charge in [-0.1, -0.05) is 6.42 Å². The van der Waals surface area contributed by atoms with Crippen molar-refractivity contribution in [2.45, 2.75) is 57.2 Å². The molecule has 0 saturated heterocycles. The van der Waals surface area contributed by atoms with E-state index >= 15 is 0 Å². The molecule has 0 spiro atoms. The Morgan fingerprint density at radius 3 is 2.57 bits per heavy atom. The molecule has 0 atom stereocenters. The van der Waals surface area contributed by atoms with Crippen molar-refractivity contribution < 1.29 is 9.90 Å². The predicted octanol–water partition coefficient (Wildman–Crippen LogP) is 2.16. The molecule has 1 aromatic rings. The fourth-order valence-corrected chi connectivity index (χ4v) is 3.86. The Morgan fingerprint density at radius 1 is 1.43 bits per heavy atom. The number of thioether (sulfide) groups is 1. The van der Waals surface area contributed by atoms with Crippen molar-refractivity contribution in [1.29, 1.82) is 0 Å². The summed E-state index contributed by atoms with van der Waals surface area (Å²) in [5.41, 5.74) is 2.20. The van der Waals surface area contributed by atoms with E-state index in [-0.39, 0.29) is 16.9 Å². The molecule has 0 bridgehead atoms. The number of nitrogens with zero attached hydrogens (tertiary/aromatic N) is 2. The quantitative estimate of drug-likeness (QED) is 0.872. The first-order chi connectivity index (χ1) is 9.88.